The van der Waals surface area contributed by atoms with E-state index in [9.17, 15) is 19.2 Å². The molecule has 2 fully saturated rings. The van der Waals surface area contributed by atoms with Crippen molar-refractivity contribution in [3.63, 3.8) is 0 Å². The molecule has 2 aromatic rings. The van der Waals surface area contributed by atoms with E-state index in [1.165, 1.54) is 9.80 Å². The second-order valence-corrected chi connectivity index (χ2v) is 18.4. The van der Waals surface area contributed by atoms with Gasteiger partial charge in [0.2, 0.25) is 11.8 Å². The average Bonchev–Trinajstić information content (AvgIpc) is 3.35. The highest BCUT2D eigenvalue weighted by Gasteiger charge is 2.57. The molecule has 2 aromatic carbocycles. The van der Waals surface area contributed by atoms with Crippen LogP contribution in [0, 0.1) is 13.8 Å². The molecule has 226 valence electrons. The molecule has 0 spiro atoms. The monoisotopic (exact) mass is 594 g/mol. The fourth-order valence-corrected chi connectivity index (χ4v) is 6.19. The molecule has 2 atom stereocenters. The lowest BCUT2D eigenvalue weighted by Gasteiger charge is -2.35. The van der Waals surface area contributed by atoms with Crippen LogP contribution >= 0.6 is 0 Å². The van der Waals surface area contributed by atoms with Crippen LogP contribution in [0.15, 0.2) is 42.5 Å². The molecular formula is C31H42N4O6Si. The van der Waals surface area contributed by atoms with Crippen LogP contribution in [0.1, 0.15) is 35.6 Å². The van der Waals surface area contributed by atoms with E-state index in [0.29, 0.717) is 24.5 Å². The smallest absolute Gasteiger partial charge is 0.326 e. The first-order valence-electron chi connectivity index (χ1n) is 14.3. The van der Waals surface area contributed by atoms with Crippen LogP contribution in [0.4, 0.5) is 4.79 Å². The van der Waals surface area contributed by atoms with Crippen molar-refractivity contribution in [3.05, 3.63) is 64.7 Å². The minimum absolute atomic E-state index is 0.0783. The zero-order chi connectivity index (χ0) is 30.9. The van der Waals surface area contributed by atoms with E-state index in [-0.39, 0.29) is 26.2 Å². The normalized spacial score (nSPS) is 22.6. The Bertz CT molecular complexity index is 1370. The molecule has 2 saturated heterocycles. The van der Waals surface area contributed by atoms with Crippen molar-refractivity contribution in [2.75, 3.05) is 26.4 Å². The van der Waals surface area contributed by atoms with Gasteiger partial charge in [0.1, 0.15) is 24.6 Å². The third-order valence-electron chi connectivity index (χ3n) is 8.34. The average molecular weight is 595 g/mol. The molecule has 3 N–H and O–H groups in total. The molecule has 0 bridgehead atoms. The first-order chi connectivity index (χ1) is 19.7. The highest BCUT2D eigenvalue weighted by atomic mass is 28.3. The topological polar surface area (TPSA) is 131 Å². The van der Waals surface area contributed by atoms with Gasteiger partial charge in [-0.1, -0.05) is 55.5 Å². The molecule has 10 nitrogen and oxygen atoms in total. The van der Waals surface area contributed by atoms with Crippen molar-refractivity contribution >= 4 is 31.8 Å². The molecule has 42 heavy (non-hydrogen) atoms. The zero-order valence-electron chi connectivity index (χ0n) is 25.4. The van der Waals surface area contributed by atoms with Crippen LogP contribution in [0.2, 0.25) is 25.7 Å². The fraction of sp³-hybridized carbons (Fsp3) is 0.484. The number of nitrogens with two attached hydrogens (primary N) is 1. The number of likely N-dealkylation sites (tertiary alicyclic amines) is 1. The van der Waals surface area contributed by atoms with Crippen molar-refractivity contribution in [1.82, 2.24) is 15.1 Å². The molecule has 0 saturated carbocycles. The van der Waals surface area contributed by atoms with E-state index in [1.54, 1.807) is 31.2 Å². The van der Waals surface area contributed by atoms with Gasteiger partial charge in [-0.15, -0.1) is 0 Å². The number of ether oxygens (including phenoxy) is 2. The number of primary amides is 1. The second kappa shape index (κ2) is 11.9. The number of amides is 5. The van der Waals surface area contributed by atoms with E-state index in [0.717, 1.165) is 22.7 Å². The fourth-order valence-electron chi connectivity index (χ4n) is 5.43. The number of nitrogens with zero attached hydrogens (tertiary/aromatic N) is 2. The van der Waals surface area contributed by atoms with Gasteiger partial charge in [-0.3, -0.25) is 24.6 Å². The summed E-state index contributed by atoms with van der Waals surface area (Å²) in [6.07, 6.45) is 0.155. The maximum absolute atomic E-state index is 13.9. The second-order valence-electron chi connectivity index (χ2n) is 12.8. The first-order valence-corrected chi connectivity index (χ1v) is 18.0. The van der Waals surface area contributed by atoms with Gasteiger partial charge >= 0.3 is 6.03 Å². The first kappa shape index (κ1) is 31.2. The predicted octanol–water partition coefficient (Wildman–Crippen LogP) is 3.46. The Balaban J connectivity index is 1.48. The van der Waals surface area contributed by atoms with Crippen molar-refractivity contribution in [2.24, 2.45) is 5.73 Å². The molecule has 0 aromatic heterocycles. The molecular weight excluding hydrogens is 552 g/mol. The molecule has 4 rings (SSSR count). The minimum atomic E-state index is -1.58. The quantitative estimate of drug-likeness (QED) is 0.168. The van der Waals surface area contributed by atoms with Gasteiger partial charge in [-0.2, -0.15) is 0 Å². The number of hydrogen-bond acceptors (Lipinski definition) is 6. The predicted molar refractivity (Wildman–Crippen MR) is 162 cm³/mol. The van der Waals surface area contributed by atoms with Gasteiger partial charge in [0.15, 0.2) is 5.41 Å². The van der Waals surface area contributed by atoms with Crippen LogP contribution in [-0.4, -0.2) is 73.6 Å². The van der Waals surface area contributed by atoms with Crippen molar-refractivity contribution < 1.29 is 28.7 Å². The zero-order valence-corrected chi connectivity index (χ0v) is 26.4. The highest BCUT2D eigenvalue weighted by molar-refractivity contribution is 6.76. The number of urea groups is 1. The van der Waals surface area contributed by atoms with Gasteiger partial charge in [0, 0.05) is 21.2 Å². The van der Waals surface area contributed by atoms with Crippen LogP contribution in [-0.2, 0) is 31.1 Å². The summed E-state index contributed by atoms with van der Waals surface area (Å²) in [4.78, 5) is 55.1. The lowest BCUT2D eigenvalue weighted by atomic mass is 9.78. The molecule has 2 aliphatic heterocycles. The summed E-state index contributed by atoms with van der Waals surface area (Å²) in [5, 5.41) is 2.35. The van der Waals surface area contributed by atoms with E-state index in [2.05, 4.69) is 43.2 Å². The van der Waals surface area contributed by atoms with Crippen LogP contribution in [0.25, 0.3) is 0 Å². The maximum Gasteiger partial charge on any atom is 0.326 e. The van der Waals surface area contributed by atoms with Gasteiger partial charge in [0.25, 0.3) is 5.91 Å². The van der Waals surface area contributed by atoms with Gasteiger partial charge < -0.3 is 20.1 Å². The molecule has 0 radical (unpaired) electrons. The Kier molecular flexibility index (Phi) is 8.84. The van der Waals surface area contributed by atoms with Gasteiger partial charge in [0.05, 0.1) is 6.54 Å². The largest absolute Gasteiger partial charge is 0.489 e. The third-order valence-corrected chi connectivity index (χ3v) is 10.0. The molecule has 2 aliphatic rings. The summed E-state index contributed by atoms with van der Waals surface area (Å²) in [7, 11) is -1.34. The number of rotatable bonds is 12. The van der Waals surface area contributed by atoms with E-state index >= 15 is 0 Å². The summed E-state index contributed by atoms with van der Waals surface area (Å²) >= 11 is 0. The Labute approximate surface area is 248 Å². The van der Waals surface area contributed by atoms with E-state index in [4.69, 9.17) is 15.2 Å². The van der Waals surface area contributed by atoms with Crippen LogP contribution in [0.5, 0.6) is 5.75 Å². The molecule has 11 heteroatoms. The SMILES string of the molecule is Cc1ccc(C)c(COc2ccc(C3(C(N)=O)CCN(CC4(C)C(=O)NC(=O)N4COCC[Si](C)(C)C)C3=O)cc2)c1. The van der Waals surface area contributed by atoms with E-state index < -0.39 is 42.8 Å². The molecule has 0 aliphatic carbocycles. The lowest BCUT2D eigenvalue weighted by molar-refractivity contribution is -0.140. The summed E-state index contributed by atoms with van der Waals surface area (Å²) in [6.45, 7) is 13.2. The molecule has 5 amide bonds. The van der Waals surface area contributed by atoms with Crippen molar-refractivity contribution in [1.29, 1.82) is 0 Å². The Morgan fingerprint density at radius 3 is 2.40 bits per heavy atom. The highest BCUT2D eigenvalue weighted by Crippen LogP contribution is 2.38. The lowest BCUT2D eigenvalue weighted by Crippen LogP contribution is -2.57. The summed E-state index contributed by atoms with van der Waals surface area (Å²) in [5.41, 5.74) is 6.75. The number of aryl methyl sites for hydroxylation is 2. The number of benzene rings is 2. The number of imide groups is 1. The van der Waals surface area contributed by atoms with Gasteiger partial charge in [-0.25, -0.2) is 4.79 Å². The number of nitrogens with one attached hydrogen (secondary N) is 1. The Hall–Kier alpha value is -3.70. The third kappa shape index (κ3) is 6.22. The standard InChI is InChI=1S/C31H42N4O6Si/c1-21-7-8-22(2)23(17-21)18-41-25-11-9-24(10-12-25)31(26(32)36)13-14-34(28(31)38)19-30(3)27(37)33-29(39)35(30)20-40-15-16-42(4,5)6/h7-12,17H,13-16,18-20H2,1-6H3,(H2,32,36)(H,33,37,39). The van der Waals surface area contributed by atoms with E-state index in [1.807, 2.05) is 13.8 Å². The number of carbonyl (C=O) groups excluding carboxylic acids is 4. The summed E-state index contributed by atoms with van der Waals surface area (Å²) in [6, 6.07) is 13.4. The summed E-state index contributed by atoms with van der Waals surface area (Å²) < 4.78 is 11.8. The Morgan fingerprint density at radius 2 is 1.76 bits per heavy atom. The maximum atomic E-state index is 13.9. The van der Waals surface area contributed by atoms with Crippen LogP contribution < -0.4 is 15.8 Å². The van der Waals surface area contributed by atoms with Gasteiger partial charge in [-0.05, 0) is 62.1 Å². The number of hydrogen-bond donors (Lipinski definition) is 2. The van der Waals surface area contributed by atoms with Crippen molar-refractivity contribution in [2.45, 2.75) is 70.4 Å². The Morgan fingerprint density at radius 1 is 1.07 bits per heavy atom. The molecule has 2 heterocycles. The minimum Gasteiger partial charge on any atom is -0.489 e. The van der Waals surface area contributed by atoms with Crippen LogP contribution in [0.3, 0.4) is 0 Å². The summed E-state index contributed by atoms with van der Waals surface area (Å²) in [5.74, 6) is -1.18. The molecule has 2 unspecified atom stereocenters. The van der Waals surface area contributed by atoms with Crippen molar-refractivity contribution in [3.8, 4) is 5.75 Å². The number of carbonyl (C=O) groups is 4.